The average Bonchev–Trinajstić information content (AvgIpc) is 3.11. The Labute approximate surface area is 192 Å². The Hall–Kier alpha value is -3.88. The minimum absolute atomic E-state index is 0.0546. The van der Waals surface area contributed by atoms with E-state index < -0.39 is 42.1 Å². The number of aliphatic carboxylic acids is 1. The second-order valence-electron chi connectivity index (χ2n) is 7.88. The predicted octanol–water partition coefficient (Wildman–Crippen LogP) is 5.38. The van der Waals surface area contributed by atoms with Gasteiger partial charge in [-0.3, -0.25) is 0 Å². The molecule has 0 radical (unpaired) electrons. The summed E-state index contributed by atoms with van der Waals surface area (Å²) in [7, 11) is 0. The first-order valence-corrected chi connectivity index (χ1v) is 10.3. The smallest absolute Gasteiger partial charge is 0.419 e. The molecule has 1 aliphatic carbocycles. The van der Waals surface area contributed by atoms with Gasteiger partial charge in [0.2, 0.25) is 0 Å². The fraction of sp³-hybridized carbons (Fsp3) is 0.200. The van der Waals surface area contributed by atoms with E-state index in [-0.39, 0.29) is 18.1 Å². The monoisotopic (exact) mass is 473 g/mol. The molecular formula is C25H19F4NO4. The van der Waals surface area contributed by atoms with Crippen molar-refractivity contribution in [2.24, 2.45) is 0 Å². The van der Waals surface area contributed by atoms with Crippen molar-refractivity contribution in [1.82, 2.24) is 5.32 Å². The molecule has 0 saturated heterocycles. The van der Waals surface area contributed by atoms with Crippen LogP contribution in [0.1, 0.15) is 28.2 Å². The Morgan fingerprint density at radius 2 is 1.56 bits per heavy atom. The van der Waals surface area contributed by atoms with Crippen LogP contribution in [0.3, 0.4) is 0 Å². The van der Waals surface area contributed by atoms with Gasteiger partial charge in [-0.2, -0.15) is 13.2 Å². The summed E-state index contributed by atoms with van der Waals surface area (Å²) in [4.78, 5) is 24.0. The number of carboxylic acids is 1. The van der Waals surface area contributed by atoms with Crippen molar-refractivity contribution < 1.29 is 37.0 Å². The molecule has 0 aromatic heterocycles. The summed E-state index contributed by atoms with van der Waals surface area (Å²) in [6.45, 7) is -0.0546. The third kappa shape index (κ3) is 4.73. The van der Waals surface area contributed by atoms with E-state index >= 15 is 0 Å². The number of halogens is 4. The van der Waals surface area contributed by atoms with Crippen LogP contribution in [0.15, 0.2) is 66.7 Å². The van der Waals surface area contributed by atoms with Gasteiger partial charge in [0.05, 0.1) is 5.56 Å². The SMILES string of the molecule is O=C(NC(Cc1ccc(F)c(C(F)(F)F)c1)C(=O)O)OCC1c2ccccc2-c2ccccc21. The van der Waals surface area contributed by atoms with E-state index in [0.29, 0.717) is 12.1 Å². The van der Waals surface area contributed by atoms with E-state index in [1.807, 2.05) is 48.5 Å². The molecule has 34 heavy (non-hydrogen) atoms. The molecule has 3 aromatic rings. The molecule has 9 heteroatoms. The van der Waals surface area contributed by atoms with Crippen molar-refractivity contribution in [3.8, 4) is 11.1 Å². The quantitative estimate of drug-likeness (QED) is 0.472. The lowest BCUT2D eigenvalue weighted by Gasteiger charge is -2.18. The molecule has 4 rings (SSSR count). The summed E-state index contributed by atoms with van der Waals surface area (Å²) >= 11 is 0. The van der Waals surface area contributed by atoms with E-state index in [9.17, 15) is 32.3 Å². The summed E-state index contributed by atoms with van der Waals surface area (Å²) in [6.07, 6.45) is -6.44. The first-order chi connectivity index (χ1) is 16.1. The maximum absolute atomic E-state index is 13.5. The second-order valence-corrected chi connectivity index (χ2v) is 7.88. The van der Waals surface area contributed by atoms with Crippen molar-refractivity contribution in [1.29, 1.82) is 0 Å². The average molecular weight is 473 g/mol. The number of amides is 1. The lowest BCUT2D eigenvalue weighted by atomic mass is 9.98. The number of hydrogen-bond donors (Lipinski definition) is 2. The highest BCUT2D eigenvalue weighted by molar-refractivity contribution is 5.81. The zero-order valence-electron chi connectivity index (χ0n) is 17.6. The minimum atomic E-state index is -4.93. The number of rotatable bonds is 6. The van der Waals surface area contributed by atoms with Crippen LogP contribution < -0.4 is 5.32 Å². The third-order valence-electron chi connectivity index (χ3n) is 5.71. The predicted molar refractivity (Wildman–Crippen MR) is 115 cm³/mol. The van der Waals surface area contributed by atoms with Gasteiger partial charge in [-0.15, -0.1) is 0 Å². The Kier molecular flexibility index (Phi) is 6.28. The maximum atomic E-state index is 13.5. The molecule has 0 saturated carbocycles. The van der Waals surface area contributed by atoms with Gasteiger partial charge < -0.3 is 15.2 Å². The van der Waals surface area contributed by atoms with Crippen molar-refractivity contribution in [3.63, 3.8) is 0 Å². The topological polar surface area (TPSA) is 75.6 Å². The van der Waals surface area contributed by atoms with E-state index in [2.05, 4.69) is 5.32 Å². The minimum Gasteiger partial charge on any atom is -0.480 e. The standard InChI is InChI=1S/C25H19F4NO4/c26-21-10-9-14(11-20(21)25(27,28)29)12-22(23(31)32)30-24(33)34-13-19-17-7-3-1-5-15(17)16-6-2-4-8-18(16)19/h1-11,19,22H,12-13H2,(H,30,33)(H,31,32). The molecule has 0 bridgehead atoms. The zero-order chi connectivity index (χ0) is 24.5. The number of hydrogen-bond acceptors (Lipinski definition) is 3. The van der Waals surface area contributed by atoms with E-state index in [4.69, 9.17) is 4.74 Å². The fourth-order valence-electron chi connectivity index (χ4n) is 4.13. The highest BCUT2D eigenvalue weighted by Gasteiger charge is 2.35. The number of carboxylic acid groups (broad SMARTS) is 1. The number of benzene rings is 3. The summed E-state index contributed by atoms with van der Waals surface area (Å²) in [5.41, 5.74) is 2.38. The van der Waals surface area contributed by atoms with E-state index in [1.165, 1.54) is 0 Å². The van der Waals surface area contributed by atoms with Gasteiger partial charge in [0, 0.05) is 12.3 Å². The summed E-state index contributed by atoms with van der Waals surface area (Å²) < 4.78 is 57.7. The molecule has 0 fully saturated rings. The number of nitrogens with one attached hydrogen (secondary N) is 1. The Morgan fingerprint density at radius 1 is 0.971 bits per heavy atom. The molecule has 1 unspecified atom stereocenters. The molecule has 1 atom stereocenters. The molecule has 1 amide bonds. The van der Waals surface area contributed by atoms with Crippen LogP contribution in [-0.4, -0.2) is 29.8 Å². The molecule has 1 aliphatic rings. The molecule has 176 valence electrons. The highest BCUT2D eigenvalue weighted by atomic mass is 19.4. The number of ether oxygens (including phenoxy) is 1. The Bertz CT molecular complexity index is 1200. The number of fused-ring (bicyclic) bond motifs is 3. The van der Waals surface area contributed by atoms with Crippen molar-refractivity contribution >= 4 is 12.1 Å². The highest BCUT2D eigenvalue weighted by Crippen LogP contribution is 2.44. The number of alkyl halides is 3. The summed E-state index contributed by atoms with van der Waals surface area (Å²) in [5, 5.41) is 11.6. The van der Waals surface area contributed by atoms with Crippen molar-refractivity contribution in [2.75, 3.05) is 6.61 Å². The second kappa shape index (κ2) is 9.17. The number of carbonyl (C=O) groups is 2. The summed E-state index contributed by atoms with van der Waals surface area (Å²) in [5.74, 6) is -3.17. The molecule has 0 heterocycles. The number of carbonyl (C=O) groups excluding carboxylic acids is 1. The molecule has 2 N–H and O–H groups in total. The maximum Gasteiger partial charge on any atom is 0.419 e. The first kappa shape index (κ1) is 23.3. The molecule has 3 aromatic carbocycles. The molecule has 0 aliphatic heterocycles. The normalized spacial score (nSPS) is 13.6. The van der Waals surface area contributed by atoms with E-state index in [1.54, 1.807) is 0 Å². The zero-order valence-corrected chi connectivity index (χ0v) is 17.6. The van der Waals surface area contributed by atoms with Crippen molar-refractivity contribution in [3.05, 3.63) is 94.8 Å². The van der Waals surface area contributed by atoms with Gasteiger partial charge in [0.25, 0.3) is 0 Å². The molecular weight excluding hydrogens is 454 g/mol. The van der Waals surface area contributed by atoms with Crippen LogP contribution in [0.25, 0.3) is 11.1 Å². The lowest BCUT2D eigenvalue weighted by molar-refractivity contribution is -0.140. The van der Waals surface area contributed by atoms with Gasteiger partial charge in [-0.25, -0.2) is 14.0 Å². The largest absolute Gasteiger partial charge is 0.480 e. The number of alkyl carbamates (subject to hydrolysis) is 1. The van der Waals surface area contributed by atoms with Crippen LogP contribution in [-0.2, 0) is 22.1 Å². The lowest BCUT2D eigenvalue weighted by Crippen LogP contribution is -2.43. The van der Waals surface area contributed by atoms with Gasteiger partial charge in [-0.05, 0) is 39.9 Å². The Balaban J connectivity index is 1.44. The van der Waals surface area contributed by atoms with Crippen molar-refractivity contribution in [2.45, 2.75) is 24.6 Å². The van der Waals surface area contributed by atoms with Gasteiger partial charge in [0.15, 0.2) is 0 Å². The fourth-order valence-corrected chi connectivity index (χ4v) is 4.13. The third-order valence-corrected chi connectivity index (χ3v) is 5.71. The Morgan fingerprint density at radius 3 is 2.12 bits per heavy atom. The van der Waals surface area contributed by atoms with Crippen LogP contribution in [0, 0.1) is 5.82 Å². The van der Waals surface area contributed by atoms with Crippen LogP contribution >= 0.6 is 0 Å². The molecule has 0 spiro atoms. The van der Waals surface area contributed by atoms with Crippen LogP contribution in [0.5, 0.6) is 0 Å². The van der Waals surface area contributed by atoms with Crippen LogP contribution in [0.2, 0.25) is 0 Å². The van der Waals surface area contributed by atoms with Gasteiger partial charge >= 0.3 is 18.2 Å². The van der Waals surface area contributed by atoms with Gasteiger partial charge in [0.1, 0.15) is 18.5 Å². The summed E-state index contributed by atoms with van der Waals surface area (Å²) in [6, 6.07) is 16.0. The van der Waals surface area contributed by atoms with E-state index in [0.717, 1.165) is 28.3 Å². The van der Waals surface area contributed by atoms with Gasteiger partial charge in [-0.1, -0.05) is 54.6 Å². The molecule has 5 nitrogen and oxygen atoms in total. The first-order valence-electron chi connectivity index (χ1n) is 10.3. The van der Waals surface area contributed by atoms with Crippen LogP contribution in [0.4, 0.5) is 22.4 Å².